The Morgan fingerprint density at radius 2 is 1.72 bits per heavy atom. The maximum absolute atomic E-state index is 13.7. The first-order valence-corrected chi connectivity index (χ1v) is 11.1. The Balaban J connectivity index is 1.81. The number of hydrogen-bond acceptors (Lipinski definition) is 6. The zero-order chi connectivity index (χ0) is 22.7. The van der Waals surface area contributed by atoms with E-state index in [4.69, 9.17) is 9.15 Å². The Kier molecular flexibility index (Phi) is 4.67. The lowest BCUT2D eigenvalue weighted by Gasteiger charge is -2.22. The van der Waals surface area contributed by atoms with E-state index in [-0.39, 0.29) is 17.1 Å². The zero-order valence-corrected chi connectivity index (χ0v) is 19.3. The highest BCUT2D eigenvalue weighted by atomic mass is 32.1. The van der Waals surface area contributed by atoms with Gasteiger partial charge in [0.2, 0.25) is 5.76 Å². The van der Waals surface area contributed by atoms with Gasteiger partial charge in [-0.15, -0.1) is 11.3 Å². The molecule has 2 aromatic heterocycles. The Labute approximate surface area is 189 Å². The highest BCUT2D eigenvalue weighted by Crippen LogP contribution is 2.43. The molecule has 162 valence electrons. The first-order chi connectivity index (χ1) is 15.3. The highest BCUT2D eigenvalue weighted by molar-refractivity contribution is 7.15. The van der Waals surface area contributed by atoms with Crippen molar-refractivity contribution < 1.29 is 13.9 Å². The van der Waals surface area contributed by atoms with Gasteiger partial charge in [0.05, 0.1) is 29.8 Å². The third-order valence-electron chi connectivity index (χ3n) is 6.14. The molecule has 0 bridgehead atoms. The van der Waals surface area contributed by atoms with E-state index in [0.29, 0.717) is 27.4 Å². The third kappa shape index (κ3) is 2.96. The number of thiazole rings is 1. The second-order valence-corrected chi connectivity index (χ2v) is 9.28. The van der Waals surface area contributed by atoms with Gasteiger partial charge in [-0.05, 0) is 68.7 Å². The van der Waals surface area contributed by atoms with Gasteiger partial charge in [-0.25, -0.2) is 4.98 Å². The van der Waals surface area contributed by atoms with Crippen LogP contribution in [0.15, 0.2) is 45.6 Å². The Bertz CT molecular complexity index is 1430. The maximum Gasteiger partial charge on any atom is 0.297 e. The second-order valence-electron chi connectivity index (χ2n) is 8.10. The van der Waals surface area contributed by atoms with Crippen molar-refractivity contribution in [1.82, 2.24) is 4.98 Å². The van der Waals surface area contributed by atoms with Crippen LogP contribution in [-0.2, 0) is 0 Å². The fourth-order valence-corrected chi connectivity index (χ4v) is 5.02. The van der Waals surface area contributed by atoms with E-state index < -0.39 is 6.04 Å². The number of aryl methyl sites for hydroxylation is 4. The van der Waals surface area contributed by atoms with Crippen LogP contribution in [-0.4, -0.2) is 18.0 Å². The smallest absolute Gasteiger partial charge is 0.297 e. The number of methoxy groups -OCH3 is 1. The molecule has 5 rings (SSSR count). The summed E-state index contributed by atoms with van der Waals surface area (Å²) >= 11 is 1.43. The molecular weight excluding hydrogens is 424 g/mol. The van der Waals surface area contributed by atoms with Crippen molar-refractivity contribution in [3.63, 3.8) is 0 Å². The van der Waals surface area contributed by atoms with Crippen LogP contribution in [0.2, 0.25) is 0 Å². The van der Waals surface area contributed by atoms with Crippen molar-refractivity contribution in [2.45, 2.75) is 33.7 Å². The average Bonchev–Trinajstić information content (AvgIpc) is 3.26. The summed E-state index contributed by atoms with van der Waals surface area (Å²) in [6.45, 7) is 7.79. The fraction of sp³-hybridized carbons (Fsp3) is 0.240. The van der Waals surface area contributed by atoms with E-state index in [2.05, 4.69) is 4.98 Å². The highest BCUT2D eigenvalue weighted by Gasteiger charge is 2.45. The molecule has 1 unspecified atom stereocenters. The molecule has 1 atom stereocenters. The van der Waals surface area contributed by atoms with Gasteiger partial charge in [0.15, 0.2) is 10.6 Å². The Hall–Kier alpha value is -3.45. The van der Waals surface area contributed by atoms with E-state index >= 15 is 0 Å². The number of hydrogen-bond donors (Lipinski definition) is 0. The minimum Gasteiger partial charge on any atom is -0.497 e. The molecule has 4 aromatic rings. The number of nitrogens with zero attached hydrogens (tertiary/aromatic N) is 2. The quantitative estimate of drug-likeness (QED) is 0.430. The van der Waals surface area contributed by atoms with E-state index in [1.807, 2.05) is 64.1 Å². The van der Waals surface area contributed by atoms with Gasteiger partial charge in [-0.2, -0.15) is 0 Å². The fourth-order valence-electron chi connectivity index (χ4n) is 4.09. The predicted molar refractivity (Wildman–Crippen MR) is 125 cm³/mol. The topological polar surface area (TPSA) is 72.6 Å². The van der Waals surface area contributed by atoms with Gasteiger partial charge in [0.1, 0.15) is 11.3 Å². The number of fused-ring (bicyclic) bond motifs is 2. The number of carbonyl (C=O) groups excluding carboxylic acids is 1. The van der Waals surface area contributed by atoms with Crippen molar-refractivity contribution in [3.8, 4) is 5.75 Å². The molecule has 0 saturated heterocycles. The first-order valence-electron chi connectivity index (χ1n) is 10.3. The summed E-state index contributed by atoms with van der Waals surface area (Å²) in [4.78, 5) is 34.5. The normalized spacial score (nSPS) is 15.5. The molecular formula is C25H22N2O4S. The van der Waals surface area contributed by atoms with Crippen LogP contribution in [0.25, 0.3) is 11.0 Å². The van der Waals surface area contributed by atoms with Gasteiger partial charge in [-0.1, -0.05) is 12.1 Å². The summed E-state index contributed by atoms with van der Waals surface area (Å²) < 4.78 is 11.4. The molecule has 0 radical (unpaired) electrons. The number of rotatable bonds is 3. The van der Waals surface area contributed by atoms with Gasteiger partial charge >= 0.3 is 0 Å². The van der Waals surface area contributed by atoms with Gasteiger partial charge in [0.25, 0.3) is 5.91 Å². The van der Waals surface area contributed by atoms with Crippen LogP contribution in [0.1, 0.15) is 49.4 Å². The first kappa shape index (κ1) is 20.5. The molecule has 1 aliphatic heterocycles. The predicted octanol–water partition coefficient (Wildman–Crippen LogP) is 5.24. The molecule has 1 amide bonds. The summed E-state index contributed by atoms with van der Waals surface area (Å²) in [5, 5.41) is 1.03. The number of benzene rings is 2. The van der Waals surface area contributed by atoms with Gasteiger partial charge < -0.3 is 9.15 Å². The van der Waals surface area contributed by atoms with Crippen LogP contribution >= 0.6 is 11.3 Å². The van der Waals surface area contributed by atoms with Crippen LogP contribution < -0.4 is 15.1 Å². The molecule has 0 saturated carbocycles. The van der Waals surface area contributed by atoms with E-state index in [1.165, 1.54) is 11.3 Å². The minimum absolute atomic E-state index is 0.0806. The molecule has 0 aliphatic carbocycles. The molecule has 1 aliphatic rings. The van der Waals surface area contributed by atoms with Crippen molar-refractivity contribution in [2.75, 3.05) is 12.0 Å². The number of ether oxygens (including phenoxy) is 1. The van der Waals surface area contributed by atoms with Gasteiger partial charge in [0, 0.05) is 4.88 Å². The summed E-state index contributed by atoms with van der Waals surface area (Å²) in [6, 6.07) is 10.4. The lowest BCUT2D eigenvalue weighted by atomic mass is 9.97. The van der Waals surface area contributed by atoms with Gasteiger partial charge in [-0.3, -0.25) is 14.5 Å². The molecule has 32 heavy (non-hydrogen) atoms. The number of anilines is 1. The summed E-state index contributed by atoms with van der Waals surface area (Å²) in [6.07, 6.45) is 0. The van der Waals surface area contributed by atoms with Crippen LogP contribution in [0, 0.1) is 27.7 Å². The molecule has 0 spiro atoms. The standard InChI is InChI=1S/C25H22N2O4S/c1-12-10-18-19(11-13(12)2)31-23-20(22(18)28)21(16-6-8-17(30-5)9-7-16)27(24(23)29)25-26-14(3)15(4)32-25/h6-11,21H,1-5H3. The SMILES string of the molecule is COc1ccc(C2c3c(oc4cc(C)c(C)cc4c3=O)C(=O)N2c2nc(C)c(C)s2)cc1. The largest absolute Gasteiger partial charge is 0.497 e. The van der Waals surface area contributed by atoms with Crippen LogP contribution in [0.4, 0.5) is 5.13 Å². The molecule has 6 nitrogen and oxygen atoms in total. The second kappa shape index (κ2) is 7.31. The molecule has 0 fully saturated rings. The number of amides is 1. The van der Waals surface area contributed by atoms with E-state index in [1.54, 1.807) is 12.0 Å². The van der Waals surface area contributed by atoms with Crippen molar-refractivity contribution >= 4 is 33.3 Å². The molecule has 7 heteroatoms. The van der Waals surface area contributed by atoms with Crippen molar-refractivity contribution in [2.24, 2.45) is 0 Å². The lowest BCUT2D eigenvalue weighted by Crippen LogP contribution is -2.29. The van der Waals surface area contributed by atoms with E-state index in [9.17, 15) is 9.59 Å². The summed E-state index contributed by atoms with van der Waals surface area (Å²) in [5.74, 6) is 0.423. The van der Waals surface area contributed by atoms with Crippen molar-refractivity contribution in [1.29, 1.82) is 0 Å². The molecule has 3 heterocycles. The van der Waals surface area contributed by atoms with E-state index in [0.717, 1.165) is 27.3 Å². The summed E-state index contributed by atoms with van der Waals surface area (Å²) in [5.41, 5.74) is 4.23. The third-order valence-corrected chi connectivity index (χ3v) is 7.21. The minimum atomic E-state index is -0.629. The maximum atomic E-state index is 13.7. The average molecular weight is 447 g/mol. The Morgan fingerprint density at radius 1 is 1.03 bits per heavy atom. The Morgan fingerprint density at radius 3 is 2.34 bits per heavy atom. The monoisotopic (exact) mass is 446 g/mol. The molecule has 2 aromatic carbocycles. The lowest BCUT2D eigenvalue weighted by molar-refractivity contribution is 0.0971. The summed E-state index contributed by atoms with van der Waals surface area (Å²) in [7, 11) is 1.60. The number of carbonyl (C=O) groups is 1. The zero-order valence-electron chi connectivity index (χ0n) is 18.5. The van der Waals surface area contributed by atoms with Crippen molar-refractivity contribution in [3.05, 3.63) is 85.2 Å². The number of aromatic nitrogens is 1. The van der Waals surface area contributed by atoms with Crippen LogP contribution in [0.3, 0.4) is 0 Å². The molecule has 0 N–H and O–H groups in total. The van der Waals surface area contributed by atoms with Crippen LogP contribution in [0.5, 0.6) is 5.75 Å².